The number of nitrogens with zero attached hydrogens (tertiary/aromatic N) is 1. The van der Waals surface area contributed by atoms with Gasteiger partial charge in [0.25, 0.3) is 0 Å². The van der Waals surface area contributed by atoms with Gasteiger partial charge in [0.2, 0.25) is 0 Å². The topological polar surface area (TPSA) is 55.6 Å². The number of piperidine rings is 1. The minimum Gasteiger partial charge on any atom is -0.468 e. The first-order valence-electron chi connectivity index (χ1n) is 5.58. The van der Waals surface area contributed by atoms with Gasteiger partial charge in [-0.15, -0.1) is 0 Å². The van der Waals surface area contributed by atoms with E-state index >= 15 is 0 Å². The summed E-state index contributed by atoms with van der Waals surface area (Å²) in [6.07, 6.45) is 3.66. The van der Waals surface area contributed by atoms with Crippen molar-refractivity contribution in [1.29, 1.82) is 0 Å². The number of carbonyl (C=O) groups excluding carboxylic acids is 1. The van der Waals surface area contributed by atoms with Crippen LogP contribution in [0.4, 0.5) is 0 Å². The van der Waals surface area contributed by atoms with Gasteiger partial charge in [-0.1, -0.05) is 6.42 Å². The van der Waals surface area contributed by atoms with Gasteiger partial charge in [-0.3, -0.25) is 9.69 Å². The average molecular weight is 214 g/mol. The standard InChI is InChI=1S/C11H22N2O2/c1-9-6-4-5-7-13(9)8-11(2,12)10(14)15-3/h9H,4-8,12H2,1-3H3. The molecule has 1 aliphatic heterocycles. The van der Waals surface area contributed by atoms with Crippen molar-refractivity contribution < 1.29 is 9.53 Å². The molecule has 1 heterocycles. The molecule has 1 rings (SSSR count). The molecule has 0 aliphatic carbocycles. The molecular weight excluding hydrogens is 192 g/mol. The summed E-state index contributed by atoms with van der Waals surface area (Å²) in [6.45, 7) is 5.54. The molecule has 15 heavy (non-hydrogen) atoms. The first kappa shape index (κ1) is 12.5. The third-order valence-electron chi connectivity index (χ3n) is 3.12. The molecule has 2 N–H and O–H groups in total. The summed E-state index contributed by atoms with van der Waals surface area (Å²) in [7, 11) is 1.38. The summed E-state index contributed by atoms with van der Waals surface area (Å²) < 4.78 is 4.70. The van der Waals surface area contributed by atoms with Crippen molar-refractivity contribution in [2.45, 2.75) is 44.7 Å². The quantitative estimate of drug-likeness (QED) is 0.704. The number of rotatable bonds is 3. The van der Waals surface area contributed by atoms with Crippen LogP contribution in [0.25, 0.3) is 0 Å². The lowest BCUT2D eigenvalue weighted by molar-refractivity contribution is -0.147. The highest BCUT2D eigenvalue weighted by molar-refractivity contribution is 5.80. The molecule has 0 aromatic heterocycles. The van der Waals surface area contributed by atoms with Crippen LogP contribution >= 0.6 is 0 Å². The number of hydrogen-bond acceptors (Lipinski definition) is 4. The number of ether oxygens (including phenoxy) is 1. The van der Waals surface area contributed by atoms with Gasteiger partial charge >= 0.3 is 5.97 Å². The molecule has 0 radical (unpaired) electrons. The molecule has 0 aromatic rings. The Balaban J connectivity index is 2.55. The molecule has 0 aromatic carbocycles. The van der Waals surface area contributed by atoms with E-state index in [1.54, 1.807) is 6.92 Å². The molecule has 2 unspecified atom stereocenters. The molecule has 1 saturated heterocycles. The van der Waals surface area contributed by atoms with Gasteiger partial charge in [-0.05, 0) is 33.2 Å². The van der Waals surface area contributed by atoms with Crippen LogP contribution in [-0.2, 0) is 9.53 Å². The molecule has 1 aliphatic rings. The van der Waals surface area contributed by atoms with E-state index in [9.17, 15) is 4.79 Å². The molecule has 1 fully saturated rings. The maximum absolute atomic E-state index is 11.4. The summed E-state index contributed by atoms with van der Waals surface area (Å²) >= 11 is 0. The van der Waals surface area contributed by atoms with Crippen LogP contribution in [0.3, 0.4) is 0 Å². The van der Waals surface area contributed by atoms with Gasteiger partial charge in [0, 0.05) is 12.6 Å². The highest BCUT2D eigenvalue weighted by Crippen LogP contribution is 2.18. The van der Waals surface area contributed by atoms with Crippen LogP contribution in [-0.4, -0.2) is 42.6 Å². The lowest BCUT2D eigenvalue weighted by Crippen LogP contribution is -2.56. The fourth-order valence-electron chi connectivity index (χ4n) is 2.11. The number of likely N-dealkylation sites (tertiary alicyclic amines) is 1. The second kappa shape index (κ2) is 4.94. The van der Waals surface area contributed by atoms with Crippen LogP contribution in [0, 0.1) is 0 Å². The highest BCUT2D eigenvalue weighted by atomic mass is 16.5. The molecule has 0 amide bonds. The number of esters is 1. The molecule has 2 atom stereocenters. The Labute approximate surface area is 91.8 Å². The number of hydrogen-bond donors (Lipinski definition) is 1. The Morgan fingerprint density at radius 3 is 2.80 bits per heavy atom. The number of methoxy groups -OCH3 is 1. The van der Waals surface area contributed by atoms with Crippen LogP contribution in [0.2, 0.25) is 0 Å². The fraction of sp³-hybridized carbons (Fsp3) is 0.909. The van der Waals surface area contributed by atoms with Crippen molar-refractivity contribution in [2.24, 2.45) is 5.73 Å². The highest BCUT2D eigenvalue weighted by Gasteiger charge is 2.33. The van der Waals surface area contributed by atoms with Crippen molar-refractivity contribution in [2.75, 3.05) is 20.2 Å². The SMILES string of the molecule is COC(=O)C(C)(N)CN1CCCCC1C. The molecule has 4 heteroatoms. The Hall–Kier alpha value is -0.610. The predicted molar refractivity (Wildman–Crippen MR) is 59.5 cm³/mol. The van der Waals surface area contributed by atoms with E-state index in [-0.39, 0.29) is 5.97 Å². The third-order valence-corrected chi connectivity index (χ3v) is 3.12. The monoisotopic (exact) mass is 214 g/mol. The Bertz CT molecular complexity index is 229. The summed E-state index contributed by atoms with van der Waals surface area (Å²) in [5.41, 5.74) is 5.06. The molecule has 0 bridgehead atoms. The van der Waals surface area contributed by atoms with Crippen molar-refractivity contribution in [3.8, 4) is 0 Å². The fourth-order valence-corrected chi connectivity index (χ4v) is 2.11. The molecule has 88 valence electrons. The minimum absolute atomic E-state index is 0.333. The molecule has 0 saturated carbocycles. The van der Waals surface area contributed by atoms with E-state index in [1.165, 1.54) is 26.4 Å². The van der Waals surface area contributed by atoms with Crippen LogP contribution in [0.1, 0.15) is 33.1 Å². The van der Waals surface area contributed by atoms with E-state index < -0.39 is 5.54 Å². The third kappa shape index (κ3) is 3.18. The maximum Gasteiger partial charge on any atom is 0.326 e. The van der Waals surface area contributed by atoms with E-state index in [0.717, 1.165) is 6.54 Å². The van der Waals surface area contributed by atoms with Crippen molar-refractivity contribution in [3.05, 3.63) is 0 Å². The average Bonchev–Trinajstić information content (AvgIpc) is 2.20. The van der Waals surface area contributed by atoms with E-state index in [2.05, 4.69) is 11.8 Å². The van der Waals surface area contributed by atoms with Gasteiger partial charge in [-0.25, -0.2) is 0 Å². The van der Waals surface area contributed by atoms with Gasteiger partial charge in [-0.2, -0.15) is 0 Å². The Morgan fingerprint density at radius 1 is 1.60 bits per heavy atom. The van der Waals surface area contributed by atoms with Gasteiger partial charge in [0.15, 0.2) is 0 Å². The predicted octanol–water partition coefficient (Wildman–Crippen LogP) is 0.751. The summed E-state index contributed by atoms with van der Waals surface area (Å²) in [5, 5.41) is 0. The largest absolute Gasteiger partial charge is 0.468 e. The zero-order valence-electron chi connectivity index (χ0n) is 9.95. The Kier molecular flexibility index (Phi) is 4.11. The van der Waals surface area contributed by atoms with Crippen molar-refractivity contribution in [3.63, 3.8) is 0 Å². The summed E-state index contributed by atoms with van der Waals surface area (Å²) in [4.78, 5) is 13.7. The van der Waals surface area contributed by atoms with Gasteiger partial charge < -0.3 is 10.5 Å². The normalized spacial score (nSPS) is 27.1. The lowest BCUT2D eigenvalue weighted by Gasteiger charge is -2.37. The zero-order valence-corrected chi connectivity index (χ0v) is 9.95. The minimum atomic E-state index is -0.889. The number of nitrogens with two attached hydrogens (primary N) is 1. The van der Waals surface area contributed by atoms with Crippen LogP contribution in [0.5, 0.6) is 0 Å². The summed E-state index contributed by atoms with van der Waals surface area (Å²) in [5.74, 6) is -0.333. The van der Waals surface area contributed by atoms with Crippen molar-refractivity contribution >= 4 is 5.97 Å². The first-order chi connectivity index (χ1) is 6.97. The van der Waals surface area contributed by atoms with Crippen LogP contribution in [0.15, 0.2) is 0 Å². The molecule has 0 spiro atoms. The maximum atomic E-state index is 11.4. The van der Waals surface area contributed by atoms with E-state index in [0.29, 0.717) is 12.6 Å². The van der Waals surface area contributed by atoms with Gasteiger partial charge in [0.05, 0.1) is 7.11 Å². The smallest absolute Gasteiger partial charge is 0.326 e. The summed E-state index contributed by atoms with van der Waals surface area (Å²) in [6, 6.07) is 0.520. The van der Waals surface area contributed by atoms with Crippen LogP contribution < -0.4 is 5.73 Å². The second-order valence-corrected chi connectivity index (χ2v) is 4.72. The van der Waals surface area contributed by atoms with E-state index in [4.69, 9.17) is 10.5 Å². The molecule has 4 nitrogen and oxygen atoms in total. The number of carbonyl (C=O) groups is 1. The first-order valence-corrected chi connectivity index (χ1v) is 5.58. The lowest BCUT2D eigenvalue weighted by atomic mass is 9.98. The van der Waals surface area contributed by atoms with Crippen molar-refractivity contribution in [1.82, 2.24) is 4.90 Å². The second-order valence-electron chi connectivity index (χ2n) is 4.72. The molecular formula is C11H22N2O2. The Morgan fingerprint density at radius 2 is 2.27 bits per heavy atom. The van der Waals surface area contributed by atoms with Gasteiger partial charge in [0.1, 0.15) is 5.54 Å². The van der Waals surface area contributed by atoms with E-state index in [1.807, 2.05) is 0 Å². The zero-order chi connectivity index (χ0) is 11.5.